The predicted molar refractivity (Wildman–Crippen MR) is 52.7 cm³/mol. The molecule has 0 unspecified atom stereocenters. The Labute approximate surface area is 80.3 Å². The highest BCUT2D eigenvalue weighted by molar-refractivity contribution is 5.80. The minimum Gasteiger partial charge on any atom is -0.300 e. The predicted octanol–water partition coefficient (Wildman–Crippen LogP) is 1.98. The van der Waals surface area contributed by atoms with Crippen molar-refractivity contribution in [2.75, 3.05) is 6.54 Å². The maximum Gasteiger partial charge on any atom is 0.136 e. The van der Waals surface area contributed by atoms with E-state index in [0.29, 0.717) is 17.9 Å². The van der Waals surface area contributed by atoms with Gasteiger partial charge in [-0.05, 0) is 25.8 Å². The molecule has 2 nitrogen and oxygen atoms in total. The van der Waals surface area contributed by atoms with Crippen LogP contribution in [0, 0.1) is 0 Å². The SMILES string of the molecule is CCCCN1[C@H]2CC[C@H]1CC(=O)C2. The summed E-state index contributed by atoms with van der Waals surface area (Å²) in [5.41, 5.74) is 0. The third-order valence-corrected chi connectivity index (χ3v) is 3.47. The number of fused-ring (bicyclic) bond motifs is 2. The minimum atomic E-state index is 0.500. The average Bonchev–Trinajstić information content (AvgIpc) is 2.33. The van der Waals surface area contributed by atoms with E-state index in [9.17, 15) is 4.79 Å². The van der Waals surface area contributed by atoms with Crippen molar-refractivity contribution < 1.29 is 4.79 Å². The molecule has 0 saturated carbocycles. The second-order valence-corrected chi connectivity index (χ2v) is 4.42. The van der Waals surface area contributed by atoms with E-state index < -0.39 is 0 Å². The third kappa shape index (κ3) is 1.78. The van der Waals surface area contributed by atoms with Gasteiger partial charge in [-0.2, -0.15) is 0 Å². The van der Waals surface area contributed by atoms with Crippen molar-refractivity contribution in [1.29, 1.82) is 0 Å². The molecule has 2 fully saturated rings. The molecule has 0 aromatic rings. The number of hydrogen-bond acceptors (Lipinski definition) is 2. The van der Waals surface area contributed by atoms with Crippen LogP contribution < -0.4 is 0 Å². The van der Waals surface area contributed by atoms with Crippen LogP contribution >= 0.6 is 0 Å². The molecule has 2 aliphatic rings. The van der Waals surface area contributed by atoms with Crippen LogP contribution in [0.1, 0.15) is 45.4 Å². The van der Waals surface area contributed by atoms with Gasteiger partial charge in [0, 0.05) is 24.9 Å². The van der Waals surface area contributed by atoms with Gasteiger partial charge in [0.1, 0.15) is 5.78 Å². The van der Waals surface area contributed by atoms with Crippen molar-refractivity contribution in [3.63, 3.8) is 0 Å². The maximum atomic E-state index is 11.3. The van der Waals surface area contributed by atoms with Gasteiger partial charge in [-0.25, -0.2) is 0 Å². The maximum absolute atomic E-state index is 11.3. The Kier molecular flexibility index (Phi) is 2.68. The fourth-order valence-electron chi connectivity index (χ4n) is 2.77. The summed E-state index contributed by atoms with van der Waals surface area (Å²) in [5.74, 6) is 0.500. The van der Waals surface area contributed by atoms with Gasteiger partial charge in [-0.3, -0.25) is 9.69 Å². The normalized spacial score (nSPS) is 34.1. The Morgan fingerprint density at radius 1 is 1.31 bits per heavy atom. The van der Waals surface area contributed by atoms with E-state index in [1.54, 1.807) is 0 Å². The molecular weight excluding hydrogens is 162 g/mol. The van der Waals surface area contributed by atoms with Gasteiger partial charge in [0.15, 0.2) is 0 Å². The number of hydrogen-bond donors (Lipinski definition) is 0. The van der Waals surface area contributed by atoms with Crippen molar-refractivity contribution in [3.8, 4) is 0 Å². The summed E-state index contributed by atoms with van der Waals surface area (Å²) in [6.07, 6.45) is 6.76. The molecule has 13 heavy (non-hydrogen) atoms. The van der Waals surface area contributed by atoms with Crippen LogP contribution in [0.4, 0.5) is 0 Å². The Bertz CT molecular complexity index is 186. The lowest BCUT2D eigenvalue weighted by atomic mass is 10.0. The number of unbranched alkanes of at least 4 members (excludes halogenated alkanes) is 1. The van der Waals surface area contributed by atoms with Crippen LogP contribution in [-0.4, -0.2) is 29.3 Å². The smallest absolute Gasteiger partial charge is 0.136 e. The number of ketones is 1. The quantitative estimate of drug-likeness (QED) is 0.663. The minimum absolute atomic E-state index is 0.500. The second-order valence-electron chi connectivity index (χ2n) is 4.42. The number of nitrogens with zero attached hydrogens (tertiary/aromatic N) is 1. The van der Waals surface area contributed by atoms with E-state index in [0.717, 1.165) is 12.8 Å². The van der Waals surface area contributed by atoms with E-state index >= 15 is 0 Å². The zero-order chi connectivity index (χ0) is 9.26. The summed E-state index contributed by atoms with van der Waals surface area (Å²) < 4.78 is 0. The third-order valence-electron chi connectivity index (χ3n) is 3.47. The van der Waals surface area contributed by atoms with Gasteiger partial charge >= 0.3 is 0 Å². The Morgan fingerprint density at radius 3 is 2.46 bits per heavy atom. The molecular formula is C11H19NO. The van der Waals surface area contributed by atoms with Crippen molar-refractivity contribution in [2.45, 2.75) is 57.5 Å². The molecule has 2 heterocycles. The van der Waals surface area contributed by atoms with Crippen molar-refractivity contribution >= 4 is 5.78 Å². The van der Waals surface area contributed by atoms with Crippen molar-refractivity contribution in [1.82, 2.24) is 4.90 Å². The first kappa shape index (κ1) is 9.20. The van der Waals surface area contributed by atoms with E-state index in [1.807, 2.05) is 0 Å². The summed E-state index contributed by atoms with van der Waals surface area (Å²) in [4.78, 5) is 13.9. The van der Waals surface area contributed by atoms with E-state index in [4.69, 9.17) is 0 Å². The van der Waals surface area contributed by atoms with Crippen molar-refractivity contribution in [3.05, 3.63) is 0 Å². The van der Waals surface area contributed by atoms with Crippen LogP contribution in [0.25, 0.3) is 0 Å². The molecule has 2 heteroatoms. The first-order valence-corrected chi connectivity index (χ1v) is 5.58. The molecule has 2 rings (SSSR count). The zero-order valence-corrected chi connectivity index (χ0v) is 8.46. The fourth-order valence-corrected chi connectivity index (χ4v) is 2.77. The van der Waals surface area contributed by atoms with Gasteiger partial charge in [0.05, 0.1) is 0 Å². The Hall–Kier alpha value is -0.370. The number of Topliss-reactive ketones (excluding diaryl/α,β-unsaturated/α-hetero) is 1. The van der Waals surface area contributed by atoms with E-state index in [1.165, 1.54) is 32.2 Å². The lowest BCUT2D eigenvalue weighted by molar-refractivity contribution is -0.123. The van der Waals surface area contributed by atoms with Gasteiger partial charge < -0.3 is 0 Å². The molecule has 0 aromatic carbocycles. The average molecular weight is 181 g/mol. The topological polar surface area (TPSA) is 20.3 Å². The van der Waals surface area contributed by atoms with E-state index in [2.05, 4.69) is 11.8 Å². The van der Waals surface area contributed by atoms with Crippen LogP contribution in [0.15, 0.2) is 0 Å². The lowest BCUT2D eigenvalue weighted by Crippen LogP contribution is -2.43. The highest BCUT2D eigenvalue weighted by atomic mass is 16.1. The summed E-state index contributed by atoms with van der Waals surface area (Å²) >= 11 is 0. The summed E-state index contributed by atoms with van der Waals surface area (Å²) in [5, 5.41) is 0. The van der Waals surface area contributed by atoms with Crippen LogP contribution in [0.2, 0.25) is 0 Å². The number of rotatable bonds is 3. The summed E-state index contributed by atoms with van der Waals surface area (Å²) in [6.45, 7) is 3.45. The van der Waals surface area contributed by atoms with Crippen LogP contribution in [0.3, 0.4) is 0 Å². The van der Waals surface area contributed by atoms with Gasteiger partial charge in [0.2, 0.25) is 0 Å². The molecule has 0 spiro atoms. The first-order chi connectivity index (χ1) is 6.31. The second kappa shape index (κ2) is 3.79. The molecule has 74 valence electrons. The zero-order valence-electron chi connectivity index (χ0n) is 8.46. The van der Waals surface area contributed by atoms with Crippen molar-refractivity contribution in [2.24, 2.45) is 0 Å². The Balaban J connectivity index is 1.94. The molecule has 2 bridgehead atoms. The first-order valence-electron chi connectivity index (χ1n) is 5.58. The van der Waals surface area contributed by atoms with Gasteiger partial charge in [0.25, 0.3) is 0 Å². The Morgan fingerprint density at radius 2 is 1.92 bits per heavy atom. The molecule has 2 atom stereocenters. The summed E-state index contributed by atoms with van der Waals surface area (Å²) in [7, 11) is 0. The van der Waals surface area contributed by atoms with Gasteiger partial charge in [-0.15, -0.1) is 0 Å². The molecule has 0 amide bonds. The highest BCUT2D eigenvalue weighted by Gasteiger charge is 2.39. The van der Waals surface area contributed by atoms with Crippen LogP contribution in [0.5, 0.6) is 0 Å². The van der Waals surface area contributed by atoms with Crippen LogP contribution in [-0.2, 0) is 4.79 Å². The standard InChI is InChI=1S/C11H19NO/c1-2-3-6-12-9-4-5-10(12)8-11(13)7-9/h9-10H,2-8H2,1H3/t9-,10-/m0/s1. The lowest BCUT2D eigenvalue weighted by Gasteiger charge is -2.33. The number of carbonyl (C=O) groups is 1. The highest BCUT2D eigenvalue weighted by Crippen LogP contribution is 2.33. The number of carbonyl (C=O) groups excluding carboxylic acids is 1. The molecule has 0 aromatic heterocycles. The molecule has 2 saturated heterocycles. The summed E-state index contributed by atoms with van der Waals surface area (Å²) in [6, 6.07) is 1.22. The fraction of sp³-hybridized carbons (Fsp3) is 0.909. The van der Waals surface area contributed by atoms with Gasteiger partial charge in [-0.1, -0.05) is 13.3 Å². The number of piperidine rings is 1. The largest absolute Gasteiger partial charge is 0.300 e. The monoisotopic (exact) mass is 181 g/mol. The van der Waals surface area contributed by atoms with E-state index in [-0.39, 0.29) is 0 Å². The molecule has 0 radical (unpaired) electrons. The molecule has 0 aliphatic carbocycles. The molecule has 2 aliphatic heterocycles. The molecule has 0 N–H and O–H groups in total.